The Morgan fingerprint density at radius 1 is 1.38 bits per heavy atom. The number of nitrogens with two attached hydrogens (primary N) is 1. The minimum absolute atomic E-state index is 0. The molecule has 0 spiro atoms. The summed E-state index contributed by atoms with van der Waals surface area (Å²) in [5.41, 5.74) is 9.55. The molecule has 0 aliphatic carbocycles. The number of fused-ring (bicyclic) bond motifs is 1. The molecule has 1 aromatic carbocycles. The molecule has 1 saturated heterocycles. The van der Waals surface area contributed by atoms with E-state index in [-0.39, 0.29) is 12.4 Å². The van der Waals surface area contributed by atoms with Crippen LogP contribution >= 0.6 is 12.4 Å². The zero-order valence-corrected chi connectivity index (χ0v) is 9.93. The molecular weight excluding hydrogens is 224 g/mol. The fraction of sp³-hybridized carbons (Fsp3) is 0.500. The monoisotopic (exact) mass is 240 g/mol. The average molecular weight is 241 g/mol. The third-order valence-corrected chi connectivity index (χ3v) is 3.52. The van der Waals surface area contributed by atoms with Crippen LogP contribution in [0.1, 0.15) is 23.6 Å². The summed E-state index contributed by atoms with van der Waals surface area (Å²) in [5.74, 6) is 0.619. The van der Waals surface area contributed by atoms with Gasteiger partial charge in [-0.05, 0) is 23.6 Å². The van der Waals surface area contributed by atoms with E-state index in [4.69, 9.17) is 10.5 Å². The van der Waals surface area contributed by atoms with E-state index in [0.29, 0.717) is 12.0 Å². The highest BCUT2D eigenvalue weighted by atomic mass is 35.5. The zero-order chi connectivity index (χ0) is 10.3. The van der Waals surface area contributed by atoms with Crippen molar-refractivity contribution in [2.24, 2.45) is 5.92 Å². The number of rotatable bonds is 1. The normalized spacial score (nSPS) is 27.5. The second-order valence-corrected chi connectivity index (χ2v) is 4.40. The van der Waals surface area contributed by atoms with Gasteiger partial charge in [-0.1, -0.05) is 12.1 Å². The molecule has 3 nitrogen and oxygen atoms in total. The summed E-state index contributed by atoms with van der Waals surface area (Å²) in [5, 5.41) is 3.54. The summed E-state index contributed by atoms with van der Waals surface area (Å²) in [6, 6.07) is 6.66. The second kappa shape index (κ2) is 4.62. The molecule has 0 radical (unpaired) electrons. The lowest BCUT2D eigenvalue weighted by Gasteiger charge is -2.18. The Bertz CT molecular complexity index is 377. The molecule has 0 amide bonds. The number of hydrogen-bond donors (Lipinski definition) is 2. The highest BCUT2D eigenvalue weighted by Crippen LogP contribution is 2.36. The summed E-state index contributed by atoms with van der Waals surface area (Å²) in [6.45, 7) is 2.69. The van der Waals surface area contributed by atoms with Gasteiger partial charge in [0.2, 0.25) is 0 Å². The molecule has 88 valence electrons. The molecular formula is C12H17ClN2O. The lowest BCUT2D eigenvalue weighted by atomic mass is 9.92. The Morgan fingerprint density at radius 3 is 3.00 bits per heavy atom. The molecule has 4 heteroatoms. The maximum absolute atomic E-state index is 5.96. The van der Waals surface area contributed by atoms with Gasteiger partial charge in [-0.2, -0.15) is 0 Å². The van der Waals surface area contributed by atoms with Gasteiger partial charge in [-0.15, -0.1) is 12.4 Å². The number of nitrogens with one attached hydrogen (secondary N) is 1. The van der Waals surface area contributed by atoms with Crippen molar-refractivity contribution in [1.82, 2.24) is 5.32 Å². The van der Waals surface area contributed by atoms with Crippen molar-refractivity contribution >= 4 is 18.1 Å². The van der Waals surface area contributed by atoms with Crippen LogP contribution in [0.15, 0.2) is 18.2 Å². The van der Waals surface area contributed by atoms with E-state index in [1.54, 1.807) is 0 Å². The maximum atomic E-state index is 5.96. The number of benzene rings is 1. The summed E-state index contributed by atoms with van der Waals surface area (Å²) in [7, 11) is 0. The predicted octanol–water partition coefficient (Wildman–Crippen LogP) is 1.87. The average Bonchev–Trinajstić information content (AvgIpc) is 2.85. The summed E-state index contributed by atoms with van der Waals surface area (Å²) in [6.07, 6.45) is 1.16. The topological polar surface area (TPSA) is 47.3 Å². The molecule has 16 heavy (non-hydrogen) atoms. The Morgan fingerprint density at radius 2 is 2.25 bits per heavy atom. The zero-order valence-electron chi connectivity index (χ0n) is 9.11. The molecule has 2 unspecified atom stereocenters. The van der Waals surface area contributed by atoms with Crippen LogP contribution in [0.3, 0.4) is 0 Å². The minimum atomic E-state index is 0. The number of nitrogen functional groups attached to an aromatic ring is 1. The minimum Gasteiger partial charge on any atom is -0.398 e. The fourth-order valence-corrected chi connectivity index (χ4v) is 2.68. The number of anilines is 1. The number of hydrogen-bond acceptors (Lipinski definition) is 3. The van der Waals surface area contributed by atoms with E-state index in [9.17, 15) is 0 Å². The van der Waals surface area contributed by atoms with Gasteiger partial charge in [0.05, 0.1) is 6.61 Å². The van der Waals surface area contributed by atoms with Crippen LogP contribution in [0.25, 0.3) is 0 Å². The first-order valence-electron chi connectivity index (χ1n) is 5.54. The van der Waals surface area contributed by atoms with Crippen molar-refractivity contribution < 1.29 is 4.74 Å². The van der Waals surface area contributed by atoms with Gasteiger partial charge in [-0.25, -0.2) is 0 Å². The Hall–Kier alpha value is -0.770. The summed E-state index contributed by atoms with van der Waals surface area (Å²) >= 11 is 0. The summed E-state index contributed by atoms with van der Waals surface area (Å²) in [4.78, 5) is 0. The molecule has 2 aliphatic heterocycles. The lowest BCUT2D eigenvalue weighted by molar-refractivity contribution is 0.178. The van der Waals surface area contributed by atoms with Gasteiger partial charge in [0.1, 0.15) is 0 Å². The van der Waals surface area contributed by atoms with Crippen molar-refractivity contribution in [3.8, 4) is 0 Å². The smallest absolute Gasteiger partial charge is 0.0513 e. The van der Waals surface area contributed by atoms with Crippen LogP contribution in [0.5, 0.6) is 0 Å². The van der Waals surface area contributed by atoms with E-state index < -0.39 is 0 Å². The van der Waals surface area contributed by atoms with Crippen molar-refractivity contribution in [3.05, 3.63) is 29.3 Å². The molecule has 0 bridgehead atoms. The van der Waals surface area contributed by atoms with E-state index >= 15 is 0 Å². The van der Waals surface area contributed by atoms with E-state index in [1.807, 2.05) is 12.1 Å². The van der Waals surface area contributed by atoms with Crippen molar-refractivity contribution in [1.29, 1.82) is 0 Å². The summed E-state index contributed by atoms with van der Waals surface area (Å²) < 4.78 is 5.44. The molecule has 2 atom stereocenters. The van der Waals surface area contributed by atoms with Crippen molar-refractivity contribution in [2.75, 3.05) is 18.9 Å². The van der Waals surface area contributed by atoms with Crippen LogP contribution in [-0.4, -0.2) is 13.2 Å². The molecule has 0 saturated carbocycles. The molecule has 1 aromatic rings. The van der Waals surface area contributed by atoms with Gasteiger partial charge >= 0.3 is 0 Å². The van der Waals surface area contributed by atoms with E-state index in [2.05, 4.69) is 11.4 Å². The Balaban J connectivity index is 0.000000963. The fourth-order valence-electron chi connectivity index (χ4n) is 2.68. The predicted molar refractivity (Wildman–Crippen MR) is 66.6 cm³/mol. The molecule has 3 N–H and O–H groups in total. The van der Waals surface area contributed by atoms with Crippen LogP contribution < -0.4 is 11.1 Å². The molecule has 3 rings (SSSR count). The number of ether oxygens (including phenoxy) is 1. The highest BCUT2D eigenvalue weighted by Gasteiger charge is 2.32. The highest BCUT2D eigenvalue weighted by molar-refractivity contribution is 5.85. The van der Waals surface area contributed by atoms with Gasteiger partial charge in [0.25, 0.3) is 0 Å². The standard InChI is InChI=1S/C12H16N2O.ClH/c13-11-3-1-2-9-10(11)6-14-12(9)8-4-5-15-7-8;/h1-3,8,12,14H,4-7,13H2;1H. The first kappa shape index (κ1) is 11.7. The Labute approximate surface area is 102 Å². The quantitative estimate of drug-likeness (QED) is 0.737. The third-order valence-electron chi connectivity index (χ3n) is 3.52. The lowest BCUT2D eigenvalue weighted by Crippen LogP contribution is -2.22. The first-order chi connectivity index (χ1) is 7.36. The largest absolute Gasteiger partial charge is 0.398 e. The van der Waals surface area contributed by atoms with E-state index in [1.165, 1.54) is 11.1 Å². The van der Waals surface area contributed by atoms with E-state index in [0.717, 1.165) is 31.9 Å². The SMILES string of the molecule is Cl.Nc1cccc2c1CNC2C1CCOC1. The molecule has 2 heterocycles. The molecule has 0 aromatic heterocycles. The van der Waals surface area contributed by atoms with Gasteiger partial charge in [-0.3, -0.25) is 0 Å². The molecule has 1 fully saturated rings. The van der Waals surface area contributed by atoms with Crippen LogP contribution in [-0.2, 0) is 11.3 Å². The van der Waals surface area contributed by atoms with Crippen LogP contribution in [0, 0.1) is 5.92 Å². The first-order valence-corrected chi connectivity index (χ1v) is 5.54. The van der Waals surface area contributed by atoms with Crippen LogP contribution in [0.4, 0.5) is 5.69 Å². The van der Waals surface area contributed by atoms with Gasteiger partial charge in [0.15, 0.2) is 0 Å². The third kappa shape index (κ3) is 1.79. The Kier molecular flexibility index (Phi) is 3.38. The van der Waals surface area contributed by atoms with Gasteiger partial charge < -0.3 is 15.8 Å². The van der Waals surface area contributed by atoms with Gasteiger partial charge in [0, 0.05) is 30.8 Å². The van der Waals surface area contributed by atoms with Crippen molar-refractivity contribution in [2.45, 2.75) is 19.0 Å². The number of halogens is 1. The molecule has 2 aliphatic rings. The van der Waals surface area contributed by atoms with Crippen molar-refractivity contribution in [3.63, 3.8) is 0 Å². The van der Waals surface area contributed by atoms with Crippen LogP contribution in [0.2, 0.25) is 0 Å². The maximum Gasteiger partial charge on any atom is 0.0513 e. The second-order valence-electron chi connectivity index (χ2n) is 4.40.